The summed E-state index contributed by atoms with van der Waals surface area (Å²) in [4.78, 5) is 38.8. The van der Waals surface area contributed by atoms with Crippen LogP contribution in [0.5, 0.6) is 0 Å². The third-order valence-electron chi connectivity index (χ3n) is 8.45. The quantitative estimate of drug-likeness (QED) is 0.355. The van der Waals surface area contributed by atoms with Crippen LogP contribution in [0.4, 0.5) is 4.79 Å². The van der Waals surface area contributed by atoms with E-state index in [1.54, 1.807) is 0 Å². The molecule has 2 atom stereocenters. The summed E-state index contributed by atoms with van der Waals surface area (Å²) in [7, 11) is 1.99. The first-order chi connectivity index (χ1) is 20.5. The molecule has 0 aromatic heterocycles. The minimum atomic E-state index is -1.14. The maximum atomic E-state index is 14.3. The number of hydrogen-bond donors (Lipinski definition) is 4. The Morgan fingerprint density at radius 3 is 2.51 bits per heavy atom. The summed E-state index contributed by atoms with van der Waals surface area (Å²) < 4.78 is 5.63. The van der Waals surface area contributed by atoms with E-state index in [2.05, 4.69) is 37.1 Å². The molecular formula is C31H45ClN8O3. The Hall–Kier alpha value is -3.28. The second-order valence-corrected chi connectivity index (χ2v) is 13.2. The van der Waals surface area contributed by atoms with Gasteiger partial charge >= 0.3 is 6.09 Å². The van der Waals surface area contributed by atoms with Crippen molar-refractivity contribution in [3.63, 3.8) is 0 Å². The van der Waals surface area contributed by atoms with Gasteiger partial charge in [0.2, 0.25) is 5.91 Å². The zero-order valence-corrected chi connectivity index (χ0v) is 26.4. The zero-order valence-electron chi connectivity index (χ0n) is 25.7. The van der Waals surface area contributed by atoms with Gasteiger partial charge in [-0.25, -0.2) is 9.79 Å². The number of likely N-dealkylation sites (N-methyl/N-ethyl adjacent to an activating group) is 1. The highest BCUT2D eigenvalue weighted by Gasteiger charge is 2.45. The molecule has 2 amide bonds. The molecule has 4 aliphatic rings. The van der Waals surface area contributed by atoms with Gasteiger partial charge in [-0.15, -0.1) is 0 Å². The Morgan fingerprint density at radius 1 is 1.14 bits per heavy atom. The summed E-state index contributed by atoms with van der Waals surface area (Å²) in [5.41, 5.74) is 0.251. The predicted octanol–water partition coefficient (Wildman–Crippen LogP) is 2.78. The van der Waals surface area contributed by atoms with Crippen molar-refractivity contribution in [2.75, 3.05) is 52.9 Å². The van der Waals surface area contributed by atoms with Crippen LogP contribution < -0.4 is 21.3 Å². The fourth-order valence-electron chi connectivity index (χ4n) is 6.06. The highest BCUT2D eigenvalue weighted by molar-refractivity contribution is 6.30. The lowest BCUT2D eigenvalue weighted by Crippen LogP contribution is -2.64. The first kappa shape index (κ1) is 31.2. The lowest BCUT2D eigenvalue weighted by atomic mass is 9.85. The highest BCUT2D eigenvalue weighted by Crippen LogP contribution is 2.32. The predicted molar refractivity (Wildman–Crippen MR) is 169 cm³/mol. The molecule has 4 heterocycles. The van der Waals surface area contributed by atoms with Crippen LogP contribution in [-0.4, -0.2) is 103 Å². The summed E-state index contributed by atoms with van der Waals surface area (Å²) >= 11 is 6.20. The fraction of sp³-hybridized carbons (Fsp3) is 0.581. The number of rotatable bonds is 8. The third-order valence-corrected chi connectivity index (χ3v) is 8.70. The first-order valence-corrected chi connectivity index (χ1v) is 15.6. The average Bonchev–Trinajstić information content (AvgIpc) is 3.47. The standard InChI is InChI=1S/C31H45ClN8O3/c1-30(2,3)43-29(42)37-31(11-17-40(18-12-31)27-24-9-13-34-26(24)38(4)21-35-27)28(41)36-25(22-5-7-23(32)8-6-22)10-16-39-19-14-33-15-20-39/h5-9,13,21,25-26,33-34H,10-12,14-20H2,1-4H3,(H,36,41)(H,37,42)/t25-,26?/m0/s1. The number of likely N-dealkylation sites (tertiary alicyclic amines) is 1. The van der Waals surface area contributed by atoms with E-state index in [-0.39, 0.29) is 18.1 Å². The van der Waals surface area contributed by atoms with Gasteiger partial charge in [-0.05, 0) is 70.0 Å². The molecular weight excluding hydrogens is 568 g/mol. The first-order valence-electron chi connectivity index (χ1n) is 15.2. The number of piperazine rings is 1. The lowest BCUT2D eigenvalue weighted by Gasteiger charge is -2.43. The number of halogens is 1. The van der Waals surface area contributed by atoms with E-state index in [1.165, 1.54) is 0 Å². The van der Waals surface area contributed by atoms with Crippen LogP contribution in [0.3, 0.4) is 0 Å². The molecule has 0 bridgehead atoms. The van der Waals surface area contributed by atoms with Crippen LogP contribution in [-0.2, 0) is 9.53 Å². The maximum Gasteiger partial charge on any atom is 0.408 e. The van der Waals surface area contributed by atoms with Gasteiger partial charge in [0.15, 0.2) is 0 Å². The Bertz CT molecular complexity index is 1240. The number of aliphatic imine (C=N–C) groups is 1. The Kier molecular flexibility index (Phi) is 9.53. The number of piperidine rings is 1. The highest BCUT2D eigenvalue weighted by atomic mass is 35.5. The van der Waals surface area contributed by atoms with Crippen LogP contribution in [0.15, 0.2) is 52.9 Å². The van der Waals surface area contributed by atoms with Crippen molar-refractivity contribution >= 4 is 29.9 Å². The molecule has 2 fully saturated rings. The number of carbonyl (C=O) groups is 2. The molecule has 5 rings (SSSR count). The van der Waals surface area contributed by atoms with Crippen LogP contribution in [0, 0.1) is 0 Å². The lowest BCUT2D eigenvalue weighted by molar-refractivity contribution is -0.130. The minimum absolute atomic E-state index is 0.0400. The number of carbonyl (C=O) groups excluding carboxylic acids is 2. The van der Waals surface area contributed by atoms with Crippen molar-refractivity contribution in [1.29, 1.82) is 0 Å². The molecule has 4 N–H and O–H groups in total. The molecule has 2 saturated heterocycles. The normalized spacial score (nSPS) is 22.6. The van der Waals surface area contributed by atoms with Crippen molar-refractivity contribution in [1.82, 2.24) is 36.0 Å². The van der Waals surface area contributed by atoms with E-state index in [9.17, 15) is 9.59 Å². The molecule has 12 heteroatoms. The molecule has 0 radical (unpaired) electrons. The van der Waals surface area contributed by atoms with Crippen molar-refractivity contribution in [3.05, 3.63) is 58.5 Å². The van der Waals surface area contributed by atoms with E-state index in [0.29, 0.717) is 31.0 Å². The minimum Gasteiger partial charge on any atom is -0.444 e. The number of ether oxygens (including phenoxy) is 1. The average molecular weight is 613 g/mol. The third kappa shape index (κ3) is 7.63. The fourth-order valence-corrected chi connectivity index (χ4v) is 6.19. The number of benzene rings is 1. The molecule has 43 heavy (non-hydrogen) atoms. The molecule has 0 aliphatic carbocycles. The van der Waals surface area contributed by atoms with Crippen LogP contribution in [0.1, 0.15) is 51.6 Å². The molecule has 11 nitrogen and oxygen atoms in total. The number of hydrogen-bond acceptors (Lipinski definition) is 9. The smallest absolute Gasteiger partial charge is 0.408 e. The van der Waals surface area contributed by atoms with Crippen LogP contribution >= 0.6 is 11.6 Å². The SMILES string of the molecule is CN1C=NC(N2CCC(NC(=O)OC(C)(C)C)(C(=O)N[C@@H](CCN3CCNCC3)c3ccc(Cl)cc3)CC2)=C2C=CNC21. The van der Waals surface area contributed by atoms with Crippen LogP contribution in [0.2, 0.25) is 5.02 Å². The molecule has 0 saturated carbocycles. The molecule has 1 aromatic rings. The number of fused-ring (bicyclic) bond motifs is 1. The van der Waals surface area contributed by atoms with Gasteiger partial charge in [-0.3, -0.25) is 4.79 Å². The van der Waals surface area contributed by atoms with Gasteiger partial charge in [0.1, 0.15) is 23.1 Å². The van der Waals surface area contributed by atoms with Gasteiger partial charge in [-0.2, -0.15) is 0 Å². The summed E-state index contributed by atoms with van der Waals surface area (Å²) in [6.07, 6.45) is 6.82. The molecule has 1 unspecified atom stereocenters. The van der Waals surface area contributed by atoms with Crippen molar-refractivity contribution in [3.8, 4) is 0 Å². The van der Waals surface area contributed by atoms with Gasteiger partial charge in [0, 0.05) is 63.5 Å². The van der Waals surface area contributed by atoms with E-state index in [0.717, 1.165) is 56.1 Å². The van der Waals surface area contributed by atoms with Gasteiger partial charge < -0.3 is 40.7 Å². The topological polar surface area (TPSA) is 114 Å². The second-order valence-electron chi connectivity index (χ2n) is 12.7. The van der Waals surface area contributed by atoms with Crippen molar-refractivity contribution < 1.29 is 14.3 Å². The van der Waals surface area contributed by atoms with E-state index in [1.807, 2.05) is 69.5 Å². The van der Waals surface area contributed by atoms with E-state index >= 15 is 0 Å². The molecule has 0 spiro atoms. The second kappa shape index (κ2) is 13.2. The summed E-state index contributed by atoms with van der Waals surface area (Å²) in [5.74, 6) is 0.689. The Morgan fingerprint density at radius 2 is 1.84 bits per heavy atom. The summed E-state index contributed by atoms with van der Waals surface area (Å²) in [6, 6.07) is 7.39. The number of nitrogens with zero attached hydrogens (tertiary/aromatic N) is 4. The van der Waals surface area contributed by atoms with Crippen molar-refractivity contribution in [2.24, 2.45) is 4.99 Å². The van der Waals surface area contributed by atoms with Crippen molar-refractivity contribution in [2.45, 2.75) is 63.4 Å². The van der Waals surface area contributed by atoms with Gasteiger partial charge in [-0.1, -0.05) is 23.7 Å². The Labute approximate surface area is 259 Å². The maximum absolute atomic E-state index is 14.3. The van der Waals surface area contributed by atoms with Crippen LogP contribution in [0.25, 0.3) is 0 Å². The number of nitrogens with one attached hydrogen (secondary N) is 4. The summed E-state index contributed by atoms with van der Waals surface area (Å²) in [6.45, 7) is 11.3. The molecule has 234 valence electrons. The van der Waals surface area contributed by atoms with E-state index < -0.39 is 17.2 Å². The largest absolute Gasteiger partial charge is 0.444 e. The van der Waals surface area contributed by atoms with Gasteiger partial charge in [0.05, 0.1) is 12.4 Å². The summed E-state index contributed by atoms with van der Waals surface area (Å²) in [5, 5.41) is 13.7. The molecule has 1 aromatic carbocycles. The molecule has 4 aliphatic heterocycles. The van der Waals surface area contributed by atoms with E-state index in [4.69, 9.17) is 21.3 Å². The van der Waals surface area contributed by atoms with Gasteiger partial charge in [0.25, 0.3) is 0 Å². The monoisotopic (exact) mass is 612 g/mol. The number of alkyl carbamates (subject to hydrolysis) is 1. The number of amides is 2. The Balaban J connectivity index is 1.35. The zero-order chi connectivity index (χ0) is 30.6.